The van der Waals surface area contributed by atoms with E-state index in [0.717, 1.165) is 39.3 Å². The lowest BCUT2D eigenvalue weighted by atomic mass is 10.1. The molecule has 29 heavy (non-hydrogen) atoms. The maximum Gasteiger partial charge on any atom is 0.228 e. The van der Waals surface area contributed by atoms with Crippen LogP contribution >= 0.6 is 0 Å². The number of benzene rings is 3. The molecule has 3 N–H and O–H groups in total. The Labute approximate surface area is 169 Å². The SMILES string of the molecule is CCOc1ccc(Nc2ccc(NC(=O)Cc3c[nH]c4ccccc34)cc2)cc1. The van der Waals surface area contributed by atoms with E-state index in [0.29, 0.717) is 13.0 Å². The van der Waals surface area contributed by atoms with E-state index in [1.165, 1.54) is 0 Å². The van der Waals surface area contributed by atoms with Crippen LogP contribution in [-0.2, 0) is 11.2 Å². The van der Waals surface area contributed by atoms with Gasteiger partial charge in [0.2, 0.25) is 5.91 Å². The summed E-state index contributed by atoms with van der Waals surface area (Å²) in [6.07, 6.45) is 2.23. The molecule has 0 unspecified atom stereocenters. The first-order valence-corrected chi connectivity index (χ1v) is 9.66. The summed E-state index contributed by atoms with van der Waals surface area (Å²) in [7, 11) is 0. The summed E-state index contributed by atoms with van der Waals surface area (Å²) in [6.45, 7) is 2.62. The van der Waals surface area contributed by atoms with Gasteiger partial charge in [-0.3, -0.25) is 4.79 Å². The Kier molecular flexibility index (Phi) is 5.47. The Morgan fingerprint density at radius 1 is 0.897 bits per heavy atom. The predicted octanol–water partition coefficient (Wildman–Crippen LogP) is 5.49. The minimum atomic E-state index is -0.0398. The van der Waals surface area contributed by atoms with Gasteiger partial charge in [-0.2, -0.15) is 0 Å². The smallest absolute Gasteiger partial charge is 0.228 e. The zero-order valence-electron chi connectivity index (χ0n) is 16.2. The van der Waals surface area contributed by atoms with E-state index in [1.54, 1.807) is 0 Å². The number of anilines is 3. The molecule has 0 spiro atoms. The van der Waals surface area contributed by atoms with E-state index in [2.05, 4.69) is 15.6 Å². The number of aromatic nitrogens is 1. The number of hydrogen-bond donors (Lipinski definition) is 3. The molecule has 0 saturated heterocycles. The highest BCUT2D eigenvalue weighted by Gasteiger charge is 2.09. The van der Waals surface area contributed by atoms with Crippen LogP contribution in [0.25, 0.3) is 10.9 Å². The summed E-state index contributed by atoms with van der Waals surface area (Å²) < 4.78 is 5.45. The van der Waals surface area contributed by atoms with Gasteiger partial charge in [0.1, 0.15) is 5.75 Å². The van der Waals surface area contributed by atoms with Crippen molar-refractivity contribution in [2.24, 2.45) is 0 Å². The number of carbonyl (C=O) groups is 1. The molecule has 0 radical (unpaired) electrons. The van der Waals surface area contributed by atoms with Crippen LogP contribution in [0.3, 0.4) is 0 Å². The molecule has 1 aromatic heterocycles. The molecule has 1 amide bonds. The first-order valence-electron chi connectivity index (χ1n) is 9.66. The molecular weight excluding hydrogens is 362 g/mol. The summed E-state index contributed by atoms with van der Waals surface area (Å²) in [5.41, 5.74) is 4.73. The predicted molar refractivity (Wildman–Crippen MR) is 118 cm³/mol. The average molecular weight is 385 g/mol. The lowest BCUT2D eigenvalue weighted by molar-refractivity contribution is -0.115. The average Bonchev–Trinajstić information content (AvgIpc) is 3.14. The van der Waals surface area contributed by atoms with Crippen molar-refractivity contribution in [3.05, 3.63) is 84.6 Å². The highest BCUT2D eigenvalue weighted by molar-refractivity contribution is 5.95. The largest absolute Gasteiger partial charge is 0.494 e. The van der Waals surface area contributed by atoms with Crippen LogP contribution < -0.4 is 15.4 Å². The molecule has 5 heteroatoms. The van der Waals surface area contributed by atoms with Gasteiger partial charge in [-0.05, 0) is 67.1 Å². The molecule has 0 aliphatic heterocycles. The second-order valence-electron chi connectivity index (χ2n) is 6.74. The topological polar surface area (TPSA) is 66.2 Å². The molecule has 0 aliphatic carbocycles. The van der Waals surface area contributed by atoms with Gasteiger partial charge in [0.25, 0.3) is 0 Å². The van der Waals surface area contributed by atoms with Crippen molar-refractivity contribution in [2.45, 2.75) is 13.3 Å². The molecule has 4 rings (SSSR count). The quantitative estimate of drug-likeness (QED) is 0.394. The van der Waals surface area contributed by atoms with Gasteiger partial charge in [-0.25, -0.2) is 0 Å². The first-order chi connectivity index (χ1) is 14.2. The zero-order chi connectivity index (χ0) is 20.1. The van der Waals surface area contributed by atoms with Gasteiger partial charge >= 0.3 is 0 Å². The van der Waals surface area contributed by atoms with Crippen molar-refractivity contribution >= 4 is 33.9 Å². The highest BCUT2D eigenvalue weighted by Crippen LogP contribution is 2.22. The van der Waals surface area contributed by atoms with Crippen molar-refractivity contribution in [3.63, 3.8) is 0 Å². The number of ether oxygens (including phenoxy) is 1. The van der Waals surface area contributed by atoms with E-state index in [-0.39, 0.29) is 5.91 Å². The Hall–Kier alpha value is -3.73. The fraction of sp³-hybridized carbons (Fsp3) is 0.125. The van der Waals surface area contributed by atoms with Crippen LogP contribution in [0.15, 0.2) is 79.0 Å². The van der Waals surface area contributed by atoms with Crippen LogP contribution in [0.4, 0.5) is 17.1 Å². The van der Waals surface area contributed by atoms with Gasteiger partial charge < -0.3 is 20.4 Å². The lowest BCUT2D eigenvalue weighted by Crippen LogP contribution is -2.14. The minimum Gasteiger partial charge on any atom is -0.494 e. The molecular formula is C24H23N3O2. The second kappa shape index (κ2) is 8.52. The van der Waals surface area contributed by atoms with E-state index < -0.39 is 0 Å². The van der Waals surface area contributed by atoms with Crippen LogP contribution in [0.1, 0.15) is 12.5 Å². The minimum absolute atomic E-state index is 0.0398. The van der Waals surface area contributed by atoms with Gasteiger partial charge in [-0.1, -0.05) is 18.2 Å². The van der Waals surface area contributed by atoms with Crippen LogP contribution in [0.5, 0.6) is 5.75 Å². The summed E-state index contributed by atoms with van der Waals surface area (Å²) in [5.74, 6) is 0.813. The normalized spacial score (nSPS) is 10.7. The third-order valence-electron chi connectivity index (χ3n) is 4.65. The maximum absolute atomic E-state index is 12.4. The highest BCUT2D eigenvalue weighted by atomic mass is 16.5. The molecule has 0 saturated carbocycles. The molecule has 146 valence electrons. The summed E-state index contributed by atoms with van der Waals surface area (Å²) in [5, 5.41) is 7.38. The van der Waals surface area contributed by atoms with Crippen LogP contribution in [0.2, 0.25) is 0 Å². The van der Waals surface area contributed by atoms with Crippen LogP contribution in [-0.4, -0.2) is 17.5 Å². The van der Waals surface area contributed by atoms with E-state index >= 15 is 0 Å². The Morgan fingerprint density at radius 3 is 2.28 bits per heavy atom. The standard InChI is InChI=1S/C24H23N3O2/c1-2-29-21-13-11-19(12-14-21)26-18-7-9-20(10-8-18)27-24(28)15-17-16-25-23-6-4-3-5-22(17)23/h3-14,16,25-26H,2,15H2,1H3,(H,27,28). The van der Waals surface area contributed by atoms with Crippen molar-refractivity contribution < 1.29 is 9.53 Å². The van der Waals surface area contributed by atoms with Crippen LogP contribution in [0, 0.1) is 0 Å². The number of carbonyl (C=O) groups excluding carboxylic acids is 1. The summed E-state index contributed by atoms with van der Waals surface area (Å²) >= 11 is 0. The number of para-hydroxylation sites is 1. The number of aromatic amines is 1. The van der Waals surface area contributed by atoms with Gasteiger partial charge in [0.15, 0.2) is 0 Å². The Bertz CT molecular complexity index is 1100. The Balaban J connectivity index is 1.35. The molecule has 5 nitrogen and oxygen atoms in total. The second-order valence-corrected chi connectivity index (χ2v) is 6.74. The molecule has 4 aromatic rings. The summed E-state index contributed by atoms with van der Waals surface area (Å²) in [4.78, 5) is 15.6. The van der Waals surface area contributed by atoms with Gasteiger partial charge in [-0.15, -0.1) is 0 Å². The monoisotopic (exact) mass is 385 g/mol. The summed E-state index contributed by atoms with van der Waals surface area (Å²) in [6, 6.07) is 23.5. The third-order valence-corrected chi connectivity index (χ3v) is 4.65. The van der Waals surface area contributed by atoms with Gasteiger partial charge in [0.05, 0.1) is 13.0 Å². The Morgan fingerprint density at radius 2 is 1.55 bits per heavy atom. The number of H-pyrrole nitrogens is 1. The van der Waals surface area contributed by atoms with Gasteiger partial charge in [0, 0.05) is 34.2 Å². The van der Waals surface area contributed by atoms with Crippen molar-refractivity contribution in [1.82, 2.24) is 4.98 Å². The fourth-order valence-corrected chi connectivity index (χ4v) is 3.26. The number of fused-ring (bicyclic) bond motifs is 1. The molecule has 0 bridgehead atoms. The maximum atomic E-state index is 12.4. The molecule has 0 aliphatic rings. The molecule has 3 aromatic carbocycles. The number of rotatable bonds is 7. The van der Waals surface area contributed by atoms with E-state index in [4.69, 9.17) is 4.74 Å². The lowest BCUT2D eigenvalue weighted by Gasteiger charge is -2.10. The molecule has 0 atom stereocenters. The molecule has 0 fully saturated rings. The zero-order valence-corrected chi connectivity index (χ0v) is 16.2. The van der Waals surface area contributed by atoms with Crippen molar-refractivity contribution in [1.29, 1.82) is 0 Å². The number of hydrogen-bond acceptors (Lipinski definition) is 3. The van der Waals surface area contributed by atoms with E-state index in [9.17, 15) is 4.79 Å². The fourth-order valence-electron chi connectivity index (χ4n) is 3.26. The van der Waals surface area contributed by atoms with Crippen molar-refractivity contribution in [3.8, 4) is 5.75 Å². The molecule has 1 heterocycles. The number of amides is 1. The first kappa shape index (κ1) is 18.6. The van der Waals surface area contributed by atoms with Crippen molar-refractivity contribution in [2.75, 3.05) is 17.2 Å². The third kappa shape index (κ3) is 4.58. The van der Waals surface area contributed by atoms with E-state index in [1.807, 2.05) is 85.9 Å². The number of nitrogens with one attached hydrogen (secondary N) is 3.